The molecule has 6 aromatic rings. The maximum absolute atomic E-state index is 5.62. The van der Waals surface area contributed by atoms with Crippen molar-refractivity contribution in [2.75, 3.05) is 0 Å². The summed E-state index contributed by atoms with van der Waals surface area (Å²) in [5.41, 5.74) is 17.0. The van der Waals surface area contributed by atoms with Crippen LogP contribution in [0.15, 0.2) is 42.7 Å². The molecule has 4 saturated carbocycles. The molecule has 4 fully saturated rings. The second-order valence-electron chi connectivity index (χ2n) is 22.8. The Hall–Kier alpha value is -3.46. The van der Waals surface area contributed by atoms with Gasteiger partial charge in [0.2, 0.25) is 0 Å². The average Bonchev–Trinajstić information content (AvgIpc) is 3.60. The average molecular weight is 712 g/mol. The first kappa shape index (κ1) is 31.7. The Morgan fingerprint density at radius 1 is 0.593 bits per heavy atom. The normalized spacial score (nSPS) is 31.4. The Morgan fingerprint density at radius 3 is 1.65 bits per heavy atom. The third kappa shape index (κ3) is 4.00. The van der Waals surface area contributed by atoms with E-state index in [0.29, 0.717) is 23.7 Å². The molecule has 4 aromatic heterocycles. The van der Waals surface area contributed by atoms with E-state index < -0.39 is 0 Å². The topological polar surface area (TPSA) is 30.2 Å². The van der Waals surface area contributed by atoms with Crippen LogP contribution in [0.4, 0.5) is 0 Å². The Kier molecular flexibility index (Phi) is 5.93. The van der Waals surface area contributed by atoms with Gasteiger partial charge in [0.25, 0.3) is 0 Å². The summed E-state index contributed by atoms with van der Waals surface area (Å²) in [6.45, 7) is 15.0. The molecule has 0 radical (unpaired) electrons. The van der Waals surface area contributed by atoms with Gasteiger partial charge in [0.15, 0.2) is 0 Å². The molecule has 0 aliphatic heterocycles. The maximum Gasteiger partial charge on any atom is 0.0728 e. The number of rotatable bonds is 2. The number of fused-ring (bicyclic) bond motifs is 10. The Morgan fingerprint density at radius 2 is 1.09 bits per heavy atom. The van der Waals surface area contributed by atoms with Crippen LogP contribution in [-0.4, -0.2) is 14.4 Å². The molecule has 8 bridgehead atoms. The summed E-state index contributed by atoms with van der Waals surface area (Å²) in [6.07, 6.45) is 20.8. The number of benzene rings is 2. The van der Waals surface area contributed by atoms with Gasteiger partial charge in [-0.1, -0.05) is 65.8 Å². The fourth-order valence-electron chi connectivity index (χ4n) is 16.0. The lowest BCUT2D eigenvalue weighted by Crippen LogP contribution is -2.35. The van der Waals surface area contributed by atoms with Crippen molar-refractivity contribution >= 4 is 38.1 Å². The van der Waals surface area contributed by atoms with Gasteiger partial charge in [-0.25, -0.2) is 0 Å². The molecule has 0 spiro atoms. The number of aromatic nitrogens is 3. The minimum absolute atomic E-state index is 0.0834. The van der Waals surface area contributed by atoms with E-state index in [-0.39, 0.29) is 16.2 Å². The first-order valence-corrected chi connectivity index (χ1v) is 22.1. The summed E-state index contributed by atoms with van der Waals surface area (Å²) in [5, 5.41) is 6.26. The van der Waals surface area contributed by atoms with Gasteiger partial charge in [0.1, 0.15) is 0 Å². The van der Waals surface area contributed by atoms with E-state index in [1.165, 1.54) is 109 Å². The second-order valence-corrected chi connectivity index (χ2v) is 22.8. The van der Waals surface area contributed by atoms with Gasteiger partial charge in [-0.2, -0.15) is 0 Å². The van der Waals surface area contributed by atoms with E-state index in [2.05, 4.69) is 88.7 Å². The van der Waals surface area contributed by atoms with Gasteiger partial charge in [-0.05, 0) is 163 Å². The second kappa shape index (κ2) is 10.1. The SMILES string of the molecule is CC(C)(C)CC1(CC(C)(C)C)c2ccccc2-c2cc3c4c5c(ncc4n4c6cnc7c(c6c(c21)c34)C1CC2CC(CC7C2)C1)C1CC2CC(C1)CC5C2. The highest BCUT2D eigenvalue weighted by Gasteiger charge is 2.51. The third-order valence-corrected chi connectivity index (χ3v) is 16.5. The van der Waals surface area contributed by atoms with E-state index in [1.807, 2.05) is 0 Å². The van der Waals surface area contributed by atoms with E-state index in [9.17, 15) is 0 Å². The molecule has 15 rings (SSSR count). The van der Waals surface area contributed by atoms with Crippen molar-refractivity contribution in [2.24, 2.45) is 34.5 Å². The van der Waals surface area contributed by atoms with Crippen molar-refractivity contribution in [3.05, 3.63) is 76.4 Å². The quantitative estimate of drug-likeness (QED) is 0.179. The predicted molar refractivity (Wildman–Crippen MR) is 222 cm³/mol. The van der Waals surface area contributed by atoms with Crippen LogP contribution in [0.25, 0.3) is 49.2 Å². The molecule has 4 heterocycles. The largest absolute Gasteiger partial charge is 0.305 e. The van der Waals surface area contributed by atoms with Gasteiger partial charge in [0.05, 0.1) is 28.9 Å². The number of nitrogens with zero attached hydrogens (tertiary/aromatic N) is 3. The van der Waals surface area contributed by atoms with Gasteiger partial charge in [-0.15, -0.1) is 0 Å². The molecule has 3 nitrogen and oxygen atoms in total. The summed E-state index contributed by atoms with van der Waals surface area (Å²) in [4.78, 5) is 11.2. The highest BCUT2D eigenvalue weighted by Crippen LogP contribution is 2.65. The molecule has 9 aliphatic rings. The predicted octanol–water partition coefficient (Wildman–Crippen LogP) is 13.5. The van der Waals surface area contributed by atoms with Crippen molar-refractivity contribution in [2.45, 2.75) is 148 Å². The van der Waals surface area contributed by atoms with Gasteiger partial charge >= 0.3 is 0 Å². The molecular formula is C51H57N3. The van der Waals surface area contributed by atoms with Crippen molar-refractivity contribution in [3.8, 4) is 11.1 Å². The smallest absolute Gasteiger partial charge is 0.0728 e. The summed E-state index contributed by atoms with van der Waals surface area (Å²) in [7, 11) is 0. The van der Waals surface area contributed by atoms with Crippen LogP contribution in [0, 0.1) is 34.5 Å². The summed E-state index contributed by atoms with van der Waals surface area (Å²) in [5.74, 6) is 6.04. The fourth-order valence-corrected chi connectivity index (χ4v) is 16.0. The molecule has 54 heavy (non-hydrogen) atoms. The zero-order valence-corrected chi connectivity index (χ0v) is 33.5. The monoisotopic (exact) mass is 711 g/mol. The lowest BCUT2D eigenvalue weighted by Gasteiger charge is -2.42. The van der Waals surface area contributed by atoms with Gasteiger partial charge < -0.3 is 4.40 Å². The van der Waals surface area contributed by atoms with E-state index in [0.717, 1.165) is 36.5 Å². The Balaban J connectivity index is 1.25. The van der Waals surface area contributed by atoms with Crippen LogP contribution >= 0.6 is 0 Å². The molecule has 4 atom stereocenters. The lowest BCUT2D eigenvalue weighted by atomic mass is 9.61. The molecule has 276 valence electrons. The van der Waals surface area contributed by atoms with E-state index in [4.69, 9.17) is 9.97 Å². The van der Waals surface area contributed by atoms with Crippen LogP contribution < -0.4 is 0 Å². The minimum Gasteiger partial charge on any atom is -0.305 e. The number of pyridine rings is 2. The highest BCUT2D eigenvalue weighted by molar-refractivity contribution is 6.28. The minimum atomic E-state index is -0.0834. The van der Waals surface area contributed by atoms with Gasteiger partial charge in [-0.3, -0.25) is 9.97 Å². The molecule has 9 aliphatic carbocycles. The van der Waals surface area contributed by atoms with Crippen LogP contribution in [0.1, 0.15) is 176 Å². The summed E-state index contributed by atoms with van der Waals surface area (Å²) >= 11 is 0. The van der Waals surface area contributed by atoms with Crippen LogP contribution in [-0.2, 0) is 5.41 Å². The van der Waals surface area contributed by atoms with E-state index >= 15 is 0 Å². The van der Waals surface area contributed by atoms with Crippen LogP contribution in [0.5, 0.6) is 0 Å². The van der Waals surface area contributed by atoms with E-state index in [1.54, 1.807) is 38.4 Å². The summed E-state index contributed by atoms with van der Waals surface area (Å²) < 4.78 is 2.74. The molecular weight excluding hydrogens is 655 g/mol. The Bertz CT molecular complexity index is 2560. The Labute approximate surface area is 321 Å². The molecule has 2 aromatic carbocycles. The molecule has 0 amide bonds. The standard InChI is InChI=1S/C51H57N3/c1-49(2,3)24-51(25-50(4,5)6)37-10-8-7-9-34(37)35-21-36-42-38(22-52-46-32-17-26-11-27(18-32)14-30(13-26)40(42)46)54-39-23-53-47-33-19-28-12-29(20-33)16-31(15-28)41(47)43(39)44(45(35)51)48(36)54/h7-10,21-23,26-33H,11-20,24-25H2,1-6H3. The first-order valence-electron chi connectivity index (χ1n) is 22.1. The van der Waals surface area contributed by atoms with Crippen molar-refractivity contribution in [1.82, 2.24) is 14.4 Å². The molecule has 4 unspecified atom stereocenters. The molecule has 0 N–H and O–H groups in total. The number of hydrogen-bond acceptors (Lipinski definition) is 2. The highest BCUT2D eigenvalue weighted by atomic mass is 15.0. The van der Waals surface area contributed by atoms with Crippen molar-refractivity contribution < 1.29 is 0 Å². The molecule has 3 heteroatoms. The van der Waals surface area contributed by atoms with Crippen LogP contribution in [0.2, 0.25) is 0 Å². The van der Waals surface area contributed by atoms with Gasteiger partial charge in [0, 0.05) is 50.2 Å². The third-order valence-electron chi connectivity index (χ3n) is 16.5. The lowest BCUT2D eigenvalue weighted by molar-refractivity contribution is 0.165. The molecule has 0 saturated heterocycles. The van der Waals surface area contributed by atoms with Crippen LogP contribution in [0.3, 0.4) is 0 Å². The van der Waals surface area contributed by atoms with Crippen molar-refractivity contribution in [3.63, 3.8) is 0 Å². The first-order chi connectivity index (χ1) is 25.9. The van der Waals surface area contributed by atoms with Crippen molar-refractivity contribution in [1.29, 1.82) is 0 Å². The summed E-state index contributed by atoms with van der Waals surface area (Å²) in [6, 6.07) is 12.4. The fraction of sp³-hybridized carbons (Fsp3) is 0.569. The maximum atomic E-state index is 5.62. The zero-order valence-electron chi connectivity index (χ0n) is 33.5. The number of hydrogen-bond donors (Lipinski definition) is 0. The zero-order chi connectivity index (χ0) is 36.2.